The Morgan fingerprint density at radius 2 is 1.71 bits per heavy atom. The van der Waals surface area contributed by atoms with Gasteiger partial charge in [0.25, 0.3) is 0 Å². The molecule has 0 heterocycles. The van der Waals surface area contributed by atoms with Crippen molar-refractivity contribution in [2.24, 2.45) is 5.73 Å². The Morgan fingerprint density at radius 1 is 1.14 bits per heavy atom. The van der Waals surface area contributed by atoms with E-state index in [0.29, 0.717) is 4.99 Å². The molecular formula is C11H24N2S. The Morgan fingerprint density at radius 3 is 2.21 bits per heavy atom. The summed E-state index contributed by atoms with van der Waals surface area (Å²) in [5.74, 6) is 0. The first-order valence-electron chi connectivity index (χ1n) is 5.63. The second kappa shape index (κ2) is 9.41. The predicted octanol–water partition coefficient (Wildman–Crippen LogP) is 2.56. The normalized spacial score (nSPS) is 10.8. The van der Waals surface area contributed by atoms with Gasteiger partial charge in [-0.25, -0.2) is 0 Å². The topological polar surface area (TPSA) is 29.3 Å². The van der Waals surface area contributed by atoms with Crippen molar-refractivity contribution in [3.05, 3.63) is 0 Å². The van der Waals surface area contributed by atoms with E-state index in [0.717, 1.165) is 12.8 Å². The quantitative estimate of drug-likeness (QED) is 0.474. The molecule has 0 aliphatic rings. The summed E-state index contributed by atoms with van der Waals surface area (Å²) < 4.78 is 0. The summed E-state index contributed by atoms with van der Waals surface area (Å²) in [6.07, 6.45) is 7.21. The zero-order chi connectivity index (χ0) is 10.8. The van der Waals surface area contributed by atoms with Gasteiger partial charge in [-0.2, -0.15) is 0 Å². The van der Waals surface area contributed by atoms with E-state index in [2.05, 4.69) is 18.9 Å². The number of hydrogen-bond donors (Lipinski definition) is 1. The molecule has 0 saturated carbocycles. The average molecular weight is 216 g/mol. The van der Waals surface area contributed by atoms with E-state index in [1.807, 2.05) is 0 Å². The van der Waals surface area contributed by atoms with Gasteiger partial charge in [-0.05, 0) is 45.8 Å². The molecule has 0 rings (SSSR count). The Labute approximate surface area is 93.8 Å². The van der Waals surface area contributed by atoms with Crippen LogP contribution in [0.15, 0.2) is 0 Å². The summed E-state index contributed by atoms with van der Waals surface area (Å²) in [6, 6.07) is 0. The van der Waals surface area contributed by atoms with Crippen LogP contribution in [0.3, 0.4) is 0 Å². The lowest BCUT2D eigenvalue weighted by atomic mass is 10.2. The largest absolute Gasteiger partial charge is 0.393 e. The van der Waals surface area contributed by atoms with Gasteiger partial charge in [0.1, 0.15) is 0 Å². The van der Waals surface area contributed by atoms with Crippen molar-refractivity contribution in [2.45, 2.75) is 45.4 Å². The molecule has 2 nitrogen and oxygen atoms in total. The van der Waals surface area contributed by atoms with Crippen LogP contribution >= 0.6 is 12.2 Å². The van der Waals surface area contributed by atoms with Crippen molar-refractivity contribution in [3.8, 4) is 0 Å². The van der Waals surface area contributed by atoms with Crippen molar-refractivity contribution >= 4 is 17.2 Å². The van der Waals surface area contributed by atoms with E-state index in [4.69, 9.17) is 18.0 Å². The fourth-order valence-corrected chi connectivity index (χ4v) is 1.57. The molecule has 0 fully saturated rings. The SMILES string of the molecule is CCCCCN(C)CCCCC(N)=S. The minimum atomic E-state index is 0.652. The molecule has 0 radical (unpaired) electrons. The molecule has 0 aromatic carbocycles. The first kappa shape index (κ1) is 13.8. The molecule has 0 amide bonds. The van der Waals surface area contributed by atoms with Crippen LogP contribution in [0.5, 0.6) is 0 Å². The maximum atomic E-state index is 5.43. The molecule has 0 spiro atoms. The summed E-state index contributed by atoms with van der Waals surface area (Å²) in [5.41, 5.74) is 5.43. The maximum Gasteiger partial charge on any atom is 0.0727 e. The molecule has 3 heteroatoms. The molecule has 0 aliphatic heterocycles. The molecule has 0 aliphatic carbocycles. The minimum absolute atomic E-state index is 0.652. The van der Waals surface area contributed by atoms with Crippen LogP contribution in [0, 0.1) is 0 Å². The summed E-state index contributed by atoms with van der Waals surface area (Å²) >= 11 is 4.82. The smallest absolute Gasteiger partial charge is 0.0727 e. The highest BCUT2D eigenvalue weighted by molar-refractivity contribution is 7.80. The zero-order valence-electron chi connectivity index (χ0n) is 9.59. The number of rotatable bonds is 9. The van der Waals surface area contributed by atoms with Crippen LogP contribution in [0.4, 0.5) is 0 Å². The standard InChI is InChI=1S/C11H24N2S/c1-3-4-6-9-13(2)10-7-5-8-11(12)14/h3-10H2,1-2H3,(H2,12,14). The van der Waals surface area contributed by atoms with Crippen LogP contribution in [-0.2, 0) is 0 Å². The zero-order valence-corrected chi connectivity index (χ0v) is 10.4. The third kappa shape index (κ3) is 9.93. The van der Waals surface area contributed by atoms with Crippen molar-refractivity contribution in [1.82, 2.24) is 4.90 Å². The van der Waals surface area contributed by atoms with Crippen molar-refractivity contribution in [1.29, 1.82) is 0 Å². The lowest BCUT2D eigenvalue weighted by Crippen LogP contribution is -2.21. The van der Waals surface area contributed by atoms with Crippen molar-refractivity contribution < 1.29 is 0 Å². The Kier molecular flexibility index (Phi) is 9.31. The fourth-order valence-electron chi connectivity index (χ4n) is 1.42. The summed E-state index contributed by atoms with van der Waals surface area (Å²) in [5, 5.41) is 0. The van der Waals surface area contributed by atoms with Gasteiger partial charge < -0.3 is 10.6 Å². The lowest BCUT2D eigenvalue weighted by Gasteiger charge is -2.15. The van der Waals surface area contributed by atoms with Crippen LogP contribution in [0.25, 0.3) is 0 Å². The lowest BCUT2D eigenvalue weighted by molar-refractivity contribution is 0.319. The summed E-state index contributed by atoms with van der Waals surface area (Å²) in [7, 11) is 2.19. The third-order valence-electron chi connectivity index (χ3n) is 2.36. The monoisotopic (exact) mass is 216 g/mol. The molecule has 2 N–H and O–H groups in total. The van der Waals surface area contributed by atoms with Gasteiger partial charge in [-0.3, -0.25) is 0 Å². The van der Waals surface area contributed by atoms with E-state index in [1.54, 1.807) is 0 Å². The van der Waals surface area contributed by atoms with Crippen LogP contribution in [0.2, 0.25) is 0 Å². The maximum absolute atomic E-state index is 5.43. The van der Waals surface area contributed by atoms with Gasteiger partial charge in [0.05, 0.1) is 4.99 Å². The minimum Gasteiger partial charge on any atom is -0.393 e. The molecule has 0 bridgehead atoms. The van der Waals surface area contributed by atoms with E-state index < -0.39 is 0 Å². The van der Waals surface area contributed by atoms with Crippen LogP contribution in [0.1, 0.15) is 45.4 Å². The Bertz CT molecular complexity index is 148. The average Bonchev–Trinajstić information content (AvgIpc) is 2.13. The van der Waals surface area contributed by atoms with Gasteiger partial charge in [-0.1, -0.05) is 32.0 Å². The predicted molar refractivity (Wildman–Crippen MR) is 67.7 cm³/mol. The second-order valence-corrected chi connectivity index (χ2v) is 4.46. The fraction of sp³-hybridized carbons (Fsp3) is 0.909. The first-order valence-corrected chi connectivity index (χ1v) is 6.04. The molecule has 0 aromatic rings. The highest BCUT2D eigenvalue weighted by atomic mass is 32.1. The van der Waals surface area contributed by atoms with Gasteiger partial charge in [0, 0.05) is 0 Å². The highest BCUT2D eigenvalue weighted by Crippen LogP contribution is 2.00. The molecule has 0 unspecified atom stereocenters. The molecule has 0 aromatic heterocycles. The number of unbranched alkanes of at least 4 members (excludes halogenated alkanes) is 3. The molecule has 0 atom stereocenters. The van der Waals surface area contributed by atoms with Crippen LogP contribution in [-0.4, -0.2) is 30.0 Å². The van der Waals surface area contributed by atoms with Crippen LogP contribution < -0.4 is 5.73 Å². The summed E-state index contributed by atoms with van der Waals surface area (Å²) in [6.45, 7) is 4.63. The van der Waals surface area contributed by atoms with Gasteiger partial charge in [0.2, 0.25) is 0 Å². The van der Waals surface area contributed by atoms with E-state index >= 15 is 0 Å². The Hall–Kier alpha value is -0.150. The number of thiocarbonyl (C=S) groups is 1. The molecule has 14 heavy (non-hydrogen) atoms. The van der Waals surface area contributed by atoms with E-state index in [-0.39, 0.29) is 0 Å². The van der Waals surface area contributed by atoms with Gasteiger partial charge >= 0.3 is 0 Å². The van der Waals surface area contributed by atoms with E-state index in [1.165, 1.54) is 38.8 Å². The molecule has 84 valence electrons. The highest BCUT2D eigenvalue weighted by Gasteiger charge is 1.97. The molecular weight excluding hydrogens is 192 g/mol. The number of nitrogens with two attached hydrogens (primary N) is 1. The number of hydrogen-bond acceptors (Lipinski definition) is 2. The Balaban J connectivity index is 3.18. The van der Waals surface area contributed by atoms with Gasteiger partial charge in [0.15, 0.2) is 0 Å². The number of nitrogens with zero attached hydrogens (tertiary/aromatic N) is 1. The van der Waals surface area contributed by atoms with Gasteiger partial charge in [-0.15, -0.1) is 0 Å². The van der Waals surface area contributed by atoms with Crippen molar-refractivity contribution in [3.63, 3.8) is 0 Å². The summed E-state index contributed by atoms with van der Waals surface area (Å²) in [4.78, 5) is 3.05. The van der Waals surface area contributed by atoms with Crippen molar-refractivity contribution in [2.75, 3.05) is 20.1 Å². The third-order valence-corrected chi connectivity index (χ3v) is 2.56. The van der Waals surface area contributed by atoms with E-state index in [9.17, 15) is 0 Å². The second-order valence-electron chi connectivity index (χ2n) is 3.93. The first-order chi connectivity index (χ1) is 6.66. The molecule has 0 saturated heterocycles.